The van der Waals surface area contributed by atoms with Crippen molar-refractivity contribution in [2.45, 2.75) is 19.6 Å². The van der Waals surface area contributed by atoms with Crippen LogP contribution in [0.1, 0.15) is 28.3 Å². The summed E-state index contributed by atoms with van der Waals surface area (Å²) in [4.78, 5) is 12.4. The van der Waals surface area contributed by atoms with Crippen LogP contribution in [0, 0.1) is 23.3 Å². The van der Waals surface area contributed by atoms with Crippen molar-refractivity contribution in [2.24, 2.45) is 0 Å². The molecule has 0 aliphatic rings. The van der Waals surface area contributed by atoms with Crippen LogP contribution in [0.2, 0.25) is 19.6 Å². The van der Waals surface area contributed by atoms with E-state index in [1.807, 2.05) is 19.6 Å². The number of carbonyl (C=O) groups is 1. The molecule has 0 bridgehead atoms. The van der Waals surface area contributed by atoms with Gasteiger partial charge in [0.25, 0.3) is 0 Å². The van der Waals surface area contributed by atoms with Gasteiger partial charge in [-0.25, -0.2) is 0 Å². The molecule has 0 aromatic heterocycles. The van der Waals surface area contributed by atoms with Gasteiger partial charge in [0.15, 0.2) is 0 Å². The Bertz CT molecular complexity index is 1020. The third kappa shape index (κ3) is 4.77. The minimum Gasteiger partial charge on any atom is -0.279 e. The van der Waals surface area contributed by atoms with Crippen LogP contribution in [0.25, 0.3) is 0 Å². The van der Waals surface area contributed by atoms with Crippen LogP contribution in [-0.2, 0) is 0 Å². The molecule has 2 rings (SSSR count). The Kier molecular flexibility index (Phi) is 3.22. The molecule has 1 nitrogen and oxygen atoms in total. The molecule has 0 N–H and O–H groups in total. The lowest BCUT2D eigenvalue weighted by Crippen LogP contribution is -2.17. The predicted molar refractivity (Wildman–Crippen MR) is 94.3 cm³/mol. The zero-order valence-electron chi connectivity index (χ0n) is 17.7. The molecule has 108 valence electrons. The van der Waals surface area contributed by atoms with Gasteiger partial charge in [0.05, 0.1) is 6.85 Å². The van der Waals surface area contributed by atoms with E-state index in [0.717, 1.165) is 0 Å². The Hall–Kier alpha value is -2.55. The van der Waals surface area contributed by atoms with E-state index in [1.165, 1.54) is 0 Å². The van der Waals surface area contributed by atoms with Crippen molar-refractivity contribution in [1.82, 2.24) is 0 Å². The van der Waals surface area contributed by atoms with Gasteiger partial charge in [-0.1, -0.05) is 61.7 Å². The fourth-order valence-corrected chi connectivity index (χ4v) is 2.03. The largest absolute Gasteiger partial charge is 0.279 e. The van der Waals surface area contributed by atoms with Gasteiger partial charge in [0.1, 0.15) is 8.07 Å². The molecule has 0 amide bonds. The topological polar surface area (TPSA) is 17.1 Å². The first-order valence-corrected chi connectivity index (χ1v) is 10.3. The van der Waals surface area contributed by atoms with E-state index in [9.17, 15) is 4.79 Å². The quantitative estimate of drug-likeness (QED) is 0.439. The summed E-state index contributed by atoms with van der Waals surface area (Å²) in [6.07, 6.45) is 0. The van der Waals surface area contributed by atoms with Gasteiger partial charge in [0, 0.05) is 16.7 Å². The smallest absolute Gasteiger partial charge is 0.236 e. The molecule has 0 saturated carbocycles. The summed E-state index contributed by atoms with van der Waals surface area (Å²) in [6.45, 7) is 6.12. The Labute approximate surface area is 140 Å². The summed E-state index contributed by atoms with van der Waals surface area (Å²) in [7, 11) is -1.70. The summed E-state index contributed by atoms with van der Waals surface area (Å²) in [5, 5.41) is 0. The Morgan fingerprint density at radius 2 is 1.73 bits per heavy atom. The average molecular weight is 307 g/mol. The van der Waals surface area contributed by atoms with Crippen molar-refractivity contribution in [1.29, 1.82) is 0 Å². The third-order valence-electron chi connectivity index (χ3n) is 2.54. The average Bonchev–Trinajstić information content (AvgIpc) is 2.62. The molecule has 0 fully saturated rings. The lowest BCUT2D eigenvalue weighted by molar-refractivity contribution is 0.105. The highest BCUT2D eigenvalue weighted by atomic mass is 28.3. The molecule has 22 heavy (non-hydrogen) atoms. The van der Waals surface area contributed by atoms with Crippen molar-refractivity contribution >= 4 is 13.9 Å². The molecule has 0 unspecified atom stereocenters. The van der Waals surface area contributed by atoms with Gasteiger partial charge in [-0.2, -0.15) is 0 Å². The number of carbonyl (C=O) groups excluding carboxylic acids is 1. The third-order valence-corrected chi connectivity index (χ3v) is 3.42. The fraction of sp³-hybridized carbons (Fsp3) is 0.150. The van der Waals surface area contributed by atoms with E-state index in [2.05, 4.69) is 23.3 Å². The molecule has 2 heteroatoms. The lowest BCUT2D eigenvalue weighted by atomic mass is 10.0. The normalized spacial score (nSPS) is 13.1. The van der Waals surface area contributed by atoms with Crippen LogP contribution in [0.5, 0.6) is 0 Å². The number of ketones is 1. The molecule has 0 spiro atoms. The second kappa shape index (κ2) is 6.94. The maximum Gasteiger partial charge on any atom is 0.236 e. The maximum absolute atomic E-state index is 12.4. The molecule has 0 aliphatic heterocycles. The Morgan fingerprint density at radius 3 is 2.41 bits per heavy atom. The zero-order chi connectivity index (χ0) is 20.4. The van der Waals surface area contributed by atoms with Gasteiger partial charge in [-0.05, 0) is 30.1 Å². The first-order valence-electron chi connectivity index (χ1n) is 9.28. The van der Waals surface area contributed by atoms with Crippen molar-refractivity contribution in [3.8, 4) is 23.3 Å². The minimum absolute atomic E-state index is 0.101. The van der Waals surface area contributed by atoms with E-state index in [1.54, 1.807) is 24.3 Å². The van der Waals surface area contributed by atoms with E-state index < -0.39 is 26.2 Å². The Balaban J connectivity index is 2.54. The number of hydrogen-bond acceptors (Lipinski definition) is 1. The van der Waals surface area contributed by atoms with E-state index in [4.69, 9.17) is 6.85 Å². The van der Waals surface area contributed by atoms with Gasteiger partial charge in [0.2, 0.25) is 5.78 Å². The van der Waals surface area contributed by atoms with Crippen LogP contribution in [0.3, 0.4) is 0 Å². The maximum atomic E-state index is 12.4. The standard InChI is InChI=1S/C20H18OSi/c1-22(2,3)16-15-20(21)19-12-8-7-11-18(19)14-13-17-9-5-4-6-10-17/h4-12H,1-3H3/i4D,5D,6D,9D,10D. The van der Waals surface area contributed by atoms with Crippen LogP contribution < -0.4 is 0 Å². The van der Waals surface area contributed by atoms with Crippen LogP contribution >= 0.6 is 0 Å². The van der Waals surface area contributed by atoms with E-state index in [-0.39, 0.29) is 23.4 Å². The Morgan fingerprint density at radius 1 is 1.05 bits per heavy atom. The second-order valence-corrected chi connectivity index (χ2v) is 10.4. The molecule has 0 saturated heterocycles. The number of hydrogen-bond donors (Lipinski definition) is 0. The van der Waals surface area contributed by atoms with Crippen molar-refractivity contribution in [3.63, 3.8) is 0 Å². The molecule has 0 heterocycles. The summed E-state index contributed by atoms with van der Waals surface area (Å²) < 4.78 is 38.8. The van der Waals surface area contributed by atoms with Crippen molar-refractivity contribution in [2.75, 3.05) is 0 Å². The van der Waals surface area contributed by atoms with Crippen LogP contribution in [-0.4, -0.2) is 13.9 Å². The van der Waals surface area contributed by atoms with Crippen molar-refractivity contribution in [3.05, 3.63) is 71.2 Å². The molecule has 2 aromatic carbocycles. The van der Waals surface area contributed by atoms with E-state index >= 15 is 0 Å². The number of benzene rings is 2. The number of Topliss-reactive ketones (excluding diaryl/α,β-unsaturated/α-hetero) is 1. The van der Waals surface area contributed by atoms with Crippen molar-refractivity contribution < 1.29 is 11.6 Å². The monoisotopic (exact) mass is 307 g/mol. The predicted octanol–water partition coefficient (Wildman–Crippen LogP) is 4.15. The van der Waals surface area contributed by atoms with Gasteiger partial charge in [-0.3, -0.25) is 4.79 Å². The first-order chi connectivity index (χ1) is 12.5. The first kappa shape index (κ1) is 10.2. The molecule has 2 aromatic rings. The van der Waals surface area contributed by atoms with Crippen LogP contribution in [0.15, 0.2) is 54.5 Å². The van der Waals surface area contributed by atoms with Crippen LogP contribution in [0.4, 0.5) is 0 Å². The summed E-state index contributed by atoms with van der Waals surface area (Å²) >= 11 is 0. The molecule has 0 radical (unpaired) electrons. The number of rotatable bonds is 1. The molecular weight excluding hydrogens is 284 g/mol. The summed E-state index contributed by atoms with van der Waals surface area (Å²) in [6, 6.07) is 4.61. The molecule has 0 aliphatic carbocycles. The highest BCUT2D eigenvalue weighted by Crippen LogP contribution is 2.09. The summed E-state index contributed by atoms with van der Waals surface area (Å²) in [5.74, 6) is 7.73. The lowest BCUT2D eigenvalue weighted by Gasteiger charge is -2.03. The second-order valence-electron chi connectivity index (χ2n) is 5.62. The fourth-order valence-electron chi connectivity index (χ4n) is 1.54. The highest BCUT2D eigenvalue weighted by molar-refractivity contribution is 6.84. The highest BCUT2D eigenvalue weighted by Gasteiger charge is 2.11. The SMILES string of the molecule is [2H]c1c([2H])c([2H])c(C#Cc2ccccc2C(=O)C#C[Si](C)(C)C)c([2H])c1[2H]. The van der Waals surface area contributed by atoms with Gasteiger partial charge < -0.3 is 0 Å². The zero-order valence-corrected chi connectivity index (χ0v) is 13.7. The molecular formula is C20H18OSi. The van der Waals surface area contributed by atoms with Gasteiger partial charge in [-0.15, -0.1) is 5.54 Å². The molecule has 0 atom stereocenters. The van der Waals surface area contributed by atoms with E-state index in [0.29, 0.717) is 11.1 Å². The summed E-state index contributed by atoms with van der Waals surface area (Å²) in [5.41, 5.74) is 3.66. The minimum atomic E-state index is -1.70. The van der Waals surface area contributed by atoms with Gasteiger partial charge >= 0.3 is 0 Å².